The van der Waals surface area contributed by atoms with Crippen molar-refractivity contribution in [2.75, 3.05) is 35.4 Å². The molecule has 0 aromatic heterocycles. The zero-order chi connectivity index (χ0) is 41.1. The first-order valence-electron chi connectivity index (χ1n) is 18.3. The van der Waals surface area contributed by atoms with E-state index in [0.717, 1.165) is 0 Å². The molecule has 3 aromatic rings. The van der Waals surface area contributed by atoms with Crippen LogP contribution in [0.4, 0.5) is 0 Å². The molecule has 15 nitrogen and oxygen atoms in total. The van der Waals surface area contributed by atoms with Gasteiger partial charge in [-0.15, -0.1) is 0 Å². The van der Waals surface area contributed by atoms with E-state index in [1.807, 2.05) is 0 Å². The summed E-state index contributed by atoms with van der Waals surface area (Å²) in [7, 11) is 7.61. The van der Waals surface area contributed by atoms with Crippen LogP contribution in [0.25, 0.3) is 0 Å². The standard InChI is InChI=1S/C41H52N6O9/c1-24(42-4)37(49)43-25(2)40(52)46(5)33(20-27-9-14-31(54-7)15-10-27)38(50)44-26(3)41(53)47(6)34-21-28-11-16-32(17-12-28)56-36-22-29(13-18-35(36)55-8)19-30(23-48)45-39(34)51/h9-18,22-26,30,33-34,42H,19-21H2,1-8H3,(H,43,49)(H,44,50)(H,45,51)/t24-,25+,26+,30+,33+,34+/m1/s1. The van der Waals surface area contributed by atoms with Gasteiger partial charge in [-0.2, -0.15) is 0 Å². The number of aldehydes is 1. The zero-order valence-electron chi connectivity index (χ0n) is 33.1. The fourth-order valence-corrected chi connectivity index (χ4v) is 6.25. The van der Waals surface area contributed by atoms with Crippen molar-refractivity contribution in [1.29, 1.82) is 0 Å². The Balaban J connectivity index is 1.57. The molecule has 15 heteroatoms. The van der Waals surface area contributed by atoms with E-state index in [2.05, 4.69) is 21.3 Å². The van der Waals surface area contributed by atoms with E-state index in [-0.39, 0.29) is 25.2 Å². The number of nitrogens with zero attached hydrogens (tertiary/aromatic N) is 2. The maximum atomic E-state index is 14.0. The first-order valence-corrected chi connectivity index (χ1v) is 18.3. The van der Waals surface area contributed by atoms with Crippen molar-refractivity contribution in [2.45, 2.75) is 76.3 Å². The third-order valence-electron chi connectivity index (χ3n) is 9.86. The number of rotatable bonds is 14. The number of methoxy groups -OCH3 is 2. The van der Waals surface area contributed by atoms with Gasteiger partial charge >= 0.3 is 0 Å². The van der Waals surface area contributed by atoms with Gasteiger partial charge in [0.2, 0.25) is 29.5 Å². The predicted molar refractivity (Wildman–Crippen MR) is 208 cm³/mol. The van der Waals surface area contributed by atoms with E-state index in [4.69, 9.17) is 14.2 Å². The lowest BCUT2D eigenvalue weighted by molar-refractivity contribution is -0.144. The second kappa shape index (κ2) is 19.6. The summed E-state index contributed by atoms with van der Waals surface area (Å²) in [6, 6.07) is 13.5. The number of carbonyl (C=O) groups is 6. The van der Waals surface area contributed by atoms with Crippen LogP contribution in [-0.2, 0) is 48.0 Å². The summed E-state index contributed by atoms with van der Waals surface area (Å²) in [5, 5.41) is 11.0. The van der Waals surface area contributed by atoms with Crippen LogP contribution in [0.1, 0.15) is 37.5 Å². The molecule has 2 heterocycles. The number of hydrogen-bond acceptors (Lipinski definition) is 10. The first kappa shape index (κ1) is 42.8. The van der Waals surface area contributed by atoms with Crippen LogP contribution in [-0.4, -0.2) is 117 Å². The Morgan fingerprint density at radius 2 is 1.46 bits per heavy atom. The van der Waals surface area contributed by atoms with Crippen molar-refractivity contribution in [3.63, 3.8) is 0 Å². The van der Waals surface area contributed by atoms with E-state index < -0.39 is 59.9 Å². The second-order valence-corrected chi connectivity index (χ2v) is 13.8. The number of hydrogen-bond donors (Lipinski definition) is 4. The molecule has 2 aliphatic rings. The lowest BCUT2D eigenvalue weighted by Crippen LogP contribution is -2.59. The average molecular weight is 773 g/mol. The lowest BCUT2D eigenvalue weighted by Gasteiger charge is -2.33. The van der Waals surface area contributed by atoms with Crippen molar-refractivity contribution in [2.24, 2.45) is 0 Å². The van der Waals surface area contributed by atoms with E-state index in [9.17, 15) is 28.8 Å². The summed E-state index contributed by atoms with van der Waals surface area (Å²) in [5.74, 6) is -0.596. The summed E-state index contributed by atoms with van der Waals surface area (Å²) in [6.45, 7) is 4.68. The zero-order valence-corrected chi connectivity index (χ0v) is 33.1. The molecule has 300 valence electrons. The van der Waals surface area contributed by atoms with Crippen LogP contribution < -0.4 is 35.5 Å². The SMILES string of the molecule is CN[C@H](C)C(=O)N[C@@H](C)C(=O)N(C)[C@@H](Cc1ccc(OC)cc1)C(=O)N[C@@H](C)C(=O)N(C)[C@H]1Cc2ccc(cc2)Oc2cc(ccc2OC)C[C@@H](C=O)NC1=O. The Kier molecular flexibility index (Phi) is 15.0. The second-order valence-electron chi connectivity index (χ2n) is 13.8. The van der Waals surface area contributed by atoms with Crippen LogP contribution in [0.2, 0.25) is 0 Å². The van der Waals surface area contributed by atoms with Gasteiger partial charge in [-0.25, -0.2) is 0 Å². The molecular formula is C41H52N6O9. The lowest BCUT2D eigenvalue weighted by atomic mass is 10.0. The van der Waals surface area contributed by atoms with E-state index in [1.54, 1.807) is 80.7 Å². The Labute approximate surface area is 327 Å². The van der Waals surface area contributed by atoms with E-state index in [0.29, 0.717) is 46.0 Å². The number of carbonyl (C=O) groups excluding carboxylic acids is 6. The third kappa shape index (κ3) is 10.8. The van der Waals surface area contributed by atoms with Crippen molar-refractivity contribution < 1.29 is 43.0 Å². The first-order chi connectivity index (χ1) is 26.7. The van der Waals surface area contributed by atoms with Crippen LogP contribution in [0, 0.1) is 0 Å². The van der Waals surface area contributed by atoms with Gasteiger partial charge in [0.15, 0.2) is 11.5 Å². The van der Waals surface area contributed by atoms with Gasteiger partial charge in [-0.05, 0) is 87.3 Å². The number of nitrogens with one attached hydrogen (secondary N) is 4. The van der Waals surface area contributed by atoms with Crippen LogP contribution >= 0.6 is 0 Å². The molecule has 0 radical (unpaired) electrons. The Morgan fingerprint density at radius 3 is 2.07 bits per heavy atom. The number of fused-ring (bicyclic) bond motifs is 7. The van der Waals surface area contributed by atoms with Gasteiger partial charge in [0.05, 0.1) is 26.3 Å². The molecule has 0 unspecified atom stereocenters. The van der Waals surface area contributed by atoms with Gasteiger partial charge in [0, 0.05) is 26.9 Å². The summed E-state index contributed by atoms with van der Waals surface area (Å²) in [6.07, 6.45) is 0.958. The molecule has 0 saturated heterocycles. The minimum absolute atomic E-state index is 0.0793. The van der Waals surface area contributed by atoms with Crippen LogP contribution in [0.5, 0.6) is 23.0 Å². The molecule has 56 heavy (non-hydrogen) atoms. The molecule has 0 fully saturated rings. The quantitative estimate of drug-likeness (QED) is 0.176. The fourth-order valence-electron chi connectivity index (χ4n) is 6.25. The normalized spacial score (nSPS) is 17.3. The minimum atomic E-state index is -1.14. The molecule has 4 N–H and O–H groups in total. The summed E-state index contributed by atoms with van der Waals surface area (Å²) < 4.78 is 16.8. The number of amides is 5. The topological polar surface area (TPSA) is 185 Å². The highest BCUT2D eigenvalue weighted by molar-refractivity contribution is 5.96. The largest absolute Gasteiger partial charge is 0.497 e. The molecule has 4 bridgehead atoms. The summed E-state index contributed by atoms with van der Waals surface area (Å²) in [5.41, 5.74) is 2.13. The maximum Gasteiger partial charge on any atom is 0.245 e. The molecule has 3 aromatic carbocycles. The molecule has 0 aliphatic carbocycles. The van der Waals surface area contributed by atoms with E-state index in [1.165, 1.54) is 52.0 Å². The minimum Gasteiger partial charge on any atom is -0.497 e. The number of likely N-dealkylation sites (N-methyl/N-ethyl adjacent to an activating group) is 3. The Bertz CT molecular complexity index is 1870. The smallest absolute Gasteiger partial charge is 0.245 e. The van der Waals surface area contributed by atoms with Crippen molar-refractivity contribution in [3.8, 4) is 23.0 Å². The van der Waals surface area contributed by atoms with Crippen LogP contribution in [0.3, 0.4) is 0 Å². The molecular weight excluding hydrogens is 720 g/mol. The third-order valence-corrected chi connectivity index (χ3v) is 9.86. The van der Waals surface area contributed by atoms with Gasteiger partial charge in [-0.1, -0.05) is 30.3 Å². The molecule has 0 saturated carbocycles. The molecule has 5 rings (SSSR count). The molecule has 2 aliphatic heterocycles. The predicted octanol–water partition coefficient (Wildman–Crippen LogP) is 1.79. The summed E-state index contributed by atoms with van der Waals surface area (Å²) >= 11 is 0. The highest BCUT2D eigenvalue weighted by Crippen LogP contribution is 2.33. The van der Waals surface area contributed by atoms with Gasteiger partial charge in [0.25, 0.3) is 0 Å². The molecule has 0 spiro atoms. The van der Waals surface area contributed by atoms with Crippen molar-refractivity contribution >= 4 is 35.8 Å². The maximum absolute atomic E-state index is 14.0. The highest BCUT2D eigenvalue weighted by atomic mass is 16.5. The average Bonchev–Trinajstić information content (AvgIpc) is 3.20. The fraction of sp³-hybridized carbons (Fsp3) is 0.415. The monoisotopic (exact) mass is 772 g/mol. The highest BCUT2D eigenvalue weighted by Gasteiger charge is 2.35. The summed E-state index contributed by atoms with van der Waals surface area (Å²) in [4.78, 5) is 82.9. The molecule has 5 amide bonds. The Hall–Kier alpha value is -5.96. The van der Waals surface area contributed by atoms with Gasteiger partial charge in [0.1, 0.15) is 42.0 Å². The van der Waals surface area contributed by atoms with Gasteiger partial charge < -0.3 is 50.1 Å². The van der Waals surface area contributed by atoms with E-state index >= 15 is 0 Å². The number of ether oxygens (including phenoxy) is 3. The van der Waals surface area contributed by atoms with Crippen LogP contribution in [0.15, 0.2) is 66.7 Å². The molecule has 6 atom stereocenters. The van der Waals surface area contributed by atoms with Crippen molar-refractivity contribution in [3.05, 3.63) is 83.4 Å². The number of benzene rings is 3. The van der Waals surface area contributed by atoms with Gasteiger partial charge in [-0.3, -0.25) is 24.0 Å². The van der Waals surface area contributed by atoms with Crippen molar-refractivity contribution in [1.82, 2.24) is 31.1 Å². The Morgan fingerprint density at radius 1 is 0.839 bits per heavy atom.